The van der Waals surface area contributed by atoms with Gasteiger partial charge in [-0.1, -0.05) is 0 Å². The summed E-state index contributed by atoms with van der Waals surface area (Å²) in [5.74, 6) is -1.48. The summed E-state index contributed by atoms with van der Waals surface area (Å²) in [6.45, 7) is 0.437. The largest absolute Gasteiger partial charge is 0.480 e. The van der Waals surface area contributed by atoms with Crippen molar-refractivity contribution in [2.24, 2.45) is 5.10 Å². The highest BCUT2D eigenvalue weighted by atomic mass is 16.4. The van der Waals surface area contributed by atoms with Crippen LogP contribution in [0.15, 0.2) is 5.10 Å². The second-order valence-corrected chi connectivity index (χ2v) is 4.46. The van der Waals surface area contributed by atoms with Crippen LogP contribution in [0.25, 0.3) is 0 Å². The van der Waals surface area contributed by atoms with Crippen molar-refractivity contribution in [3.63, 3.8) is 0 Å². The summed E-state index contributed by atoms with van der Waals surface area (Å²) >= 11 is 0. The predicted octanol–water partition coefficient (Wildman–Crippen LogP) is -0.330. The highest BCUT2D eigenvalue weighted by Gasteiger charge is 2.36. The van der Waals surface area contributed by atoms with Crippen molar-refractivity contribution in [2.75, 3.05) is 13.6 Å². The Labute approximate surface area is 104 Å². The van der Waals surface area contributed by atoms with Gasteiger partial charge in [-0.15, -0.1) is 0 Å². The number of hydrazone groups is 1. The van der Waals surface area contributed by atoms with E-state index in [1.165, 1.54) is 11.9 Å². The number of carbonyl (C=O) groups excluding carboxylic acids is 2. The molecular weight excluding hydrogens is 238 g/mol. The van der Waals surface area contributed by atoms with Crippen LogP contribution < -0.4 is 0 Å². The molecule has 1 N–H and O–H groups in total. The van der Waals surface area contributed by atoms with Gasteiger partial charge in [-0.2, -0.15) is 5.10 Å². The minimum atomic E-state index is -0.985. The molecule has 2 aliphatic rings. The number of aliphatic carboxylic acids is 1. The molecule has 0 bridgehead atoms. The molecule has 1 fully saturated rings. The zero-order valence-electron chi connectivity index (χ0n) is 10.1. The fraction of sp³-hybridized carbons (Fsp3) is 0.636. The molecule has 2 heterocycles. The Hall–Kier alpha value is -1.92. The molecule has 0 saturated carbocycles. The Morgan fingerprint density at radius 2 is 2.11 bits per heavy atom. The first-order valence-electron chi connectivity index (χ1n) is 5.88. The number of amides is 2. The van der Waals surface area contributed by atoms with E-state index in [9.17, 15) is 14.4 Å². The van der Waals surface area contributed by atoms with Crippen molar-refractivity contribution in [3.8, 4) is 0 Å². The summed E-state index contributed by atoms with van der Waals surface area (Å²) in [6.07, 6.45) is 1.69. The lowest BCUT2D eigenvalue weighted by molar-refractivity contribution is -0.146. The van der Waals surface area contributed by atoms with E-state index in [2.05, 4.69) is 5.10 Å². The summed E-state index contributed by atoms with van der Waals surface area (Å²) in [6, 6.07) is -0.761. The van der Waals surface area contributed by atoms with Gasteiger partial charge in [0.15, 0.2) is 0 Å². The van der Waals surface area contributed by atoms with Crippen LogP contribution in [0, 0.1) is 0 Å². The Morgan fingerprint density at radius 3 is 2.72 bits per heavy atom. The van der Waals surface area contributed by atoms with E-state index in [4.69, 9.17) is 5.11 Å². The molecule has 1 atom stereocenters. The van der Waals surface area contributed by atoms with Crippen LogP contribution in [-0.2, 0) is 14.4 Å². The lowest BCUT2D eigenvalue weighted by atomic mass is 10.1. The van der Waals surface area contributed by atoms with Crippen LogP contribution in [0.2, 0.25) is 0 Å². The lowest BCUT2D eigenvalue weighted by Gasteiger charge is -2.25. The first-order chi connectivity index (χ1) is 8.50. The molecule has 0 spiro atoms. The number of likely N-dealkylation sites (tertiary alicyclic amines) is 1. The van der Waals surface area contributed by atoms with Crippen molar-refractivity contribution in [2.45, 2.75) is 31.7 Å². The van der Waals surface area contributed by atoms with E-state index in [1.807, 2.05) is 0 Å². The van der Waals surface area contributed by atoms with Crippen LogP contribution in [0.4, 0.5) is 0 Å². The van der Waals surface area contributed by atoms with E-state index in [-0.39, 0.29) is 30.4 Å². The number of carboxylic acids is 1. The highest BCUT2D eigenvalue weighted by Crippen LogP contribution is 2.19. The lowest BCUT2D eigenvalue weighted by Crippen LogP contribution is -2.45. The van der Waals surface area contributed by atoms with Crippen LogP contribution in [0.3, 0.4) is 0 Å². The van der Waals surface area contributed by atoms with Crippen LogP contribution in [0.1, 0.15) is 25.7 Å². The van der Waals surface area contributed by atoms with Gasteiger partial charge in [-0.05, 0) is 12.8 Å². The summed E-state index contributed by atoms with van der Waals surface area (Å²) < 4.78 is 0. The normalized spacial score (nSPS) is 24.2. The van der Waals surface area contributed by atoms with Crippen LogP contribution in [-0.4, -0.2) is 58.1 Å². The maximum absolute atomic E-state index is 12.2. The van der Waals surface area contributed by atoms with Gasteiger partial charge in [-0.25, -0.2) is 9.80 Å². The summed E-state index contributed by atoms with van der Waals surface area (Å²) in [5, 5.41) is 14.1. The topological polar surface area (TPSA) is 90.3 Å². The number of rotatable bonds is 2. The number of hydrogen-bond acceptors (Lipinski definition) is 4. The van der Waals surface area contributed by atoms with Gasteiger partial charge in [-0.3, -0.25) is 9.59 Å². The van der Waals surface area contributed by atoms with Crippen molar-refractivity contribution in [1.29, 1.82) is 0 Å². The molecular formula is C11H15N3O4. The zero-order chi connectivity index (χ0) is 13.3. The average molecular weight is 253 g/mol. The Kier molecular flexibility index (Phi) is 3.31. The van der Waals surface area contributed by atoms with E-state index < -0.39 is 12.0 Å². The molecule has 0 aromatic heterocycles. The smallest absolute Gasteiger partial charge is 0.326 e. The van der Waals surface area contributed by atoms with Gasteiger partial charge in [0.05, 0.1) is 0 Å². The third kappa shape index (κ3) is 2.20. The number of hydrogen-bond donors (Lipinski definition) is 1. The minimum Gasteiger partial charge on any atom is -0.480 e. The third-order valence-electron chi connectivity index (χ3n) is 3.25. The summed E-state index contributed by atoms with van der Waals surface area (Å²) in [4.78, 5) is 35.8. The maximum Gasteiger partial charge on any atom is 0.326 e. The molecule has 1 saturated heterocycles. The minimum absolute atomic E-state index is 0.136. The van der Waals surface area contributed by atoms with E-state index in [0.29, 0.717) is 19.4 Å². The quantitative estimate of drug-likeness (QED) is 0.729. The SMILES string of the molecule is CN1N=C(C(=O)N2CCC[C@@H]2C(=O)O)CCC1=O. The van der Waals surface area contributed by atoms with Gasteiger partial charge in [0.25, 0.3) is 5.91 Å². The molecule has 2 aliphatic heterocycles. The molecule has 0 aromatic rings. The summed E-state index contributed by atoms with van der Waals surface area (Å²) in [5.41, 5.74) is 0.269. The van der Waals surface area contributed by atoms with Crippen molar-refractivity contribution in [1.82, 2.24) is 9.91 Å². The fourth-order valence-corrected chi connectivity index (χ4v) is 2.26. The summed E-state index contributed by atoms with van der Waals surface area (Å²) in [7, 11) is 1.49. The first kappa shape index (κ1) is 12.5. The average Bonchev–Trinajstić information content (AvgIpc) is 2.81. The number of nitrogens with zero attached hydrogens (tertiary/aromatic N) is 3. The molecule has 0 unspecified atom stereocenters. The van der Waals surface area contributed by atoms with Crippen LogP contribution >= 0.6 is 0 Å². The maximum atomic E-state index is 12.2. The predicted molar refractivity (Wildman–Crippen MR) is 61.8 cm³/mol. The van der Waals surface area contributed by atoms with E-state index in [0.717, 1.165) is 5.01 Å². The Morgan fingerprint density at radius 1 is 1.39 bits per heavy atom. The van der Waals surface area contributed by atoms with Gasteiger partial charge < -0.3 is 10.0 Å². The molecule has 2 rings (SSSR count). The molecule has 7 heteroatoms. The number of carbonyl (C=O) groups is 3. The van der Waals surface area contributed by atoms with Gasteiger partial charge >= 0.3 is 5.97 Å². The van der Waals surface area contributed by atoms with Crippen molar-refractivity contribution >= 4 is 23.5 Å². The zero-order valence-corrected chi connectivity index (χ0v) is 10.1. The van der Waals surface area contributed by atoms with Crippen molar-refractivity contribution in [3.05, 3.63) is 0 Å². The molecule has 0 aliphatic carbocycles. The Balaban J connectivity index is 2.14. The molecule has 2 amide bonds. The van der Waals surface area contributed by atoms with Crippen LogP contribution in [0.5, 0.6) is 0 Å². The fourth-order valence-electron chi connectivity index (χ4n) is 2.26. The molecule has 0 aromatic carbocycles. The molecule has 0 radical (unpaired) electrons. The molecule has 7 nitrogen and oxygen atoms in total. The van der Waals surface area contributed by atoms with Gasteiger partial charge in [0.1, 0.15) is 11.8 Å². The second-order valence-electron chi connectivity index (χ2n) is 4.46. The molecule has 18 heavy (non-hydrogen) atoms. The number of carboxylic acid groups (broad SMARTS) is 1. The van der Waals surface area contributed by atoms with Crippen molar-refractivity contribution < 1.29 is 19.5 Å². The van der Waals surface area contributed by atoms with E-state index >= 15 is 0 Å². The second kappa shape index (κ2) is 4.75. The monoisotopic (exact) mass is 253 g/mol. The first-order valence-corrected chi connectivity index (χ1v) is 5.88. The third-order valence-corrected chi connectivity index (χ3v) is 3.25. The standard InChI is InChI=1S/C11H15N3O4/c1-13-9(15)5-4-7(12-13)10(16)14-6-2-3-8(14)11(17)18/h8H,2-6H2,1H3,(H,17,18)/t8-/m1/s1. The van der Waals surface area contributed by atoms with E-state index in [1.54, 1.807) is 0 Å². The van der Waals surface area contributed by atoms with Gasteiger partial charge in [0, 0.05) is 26.4 Å². The molecule has 98 valence electrons. The van der Waals surface area contributed by atoms with Gasteiger partial charge in [0.2, 0.25) is 5.91 Å². The highest BCUT2D eigenvalue weighted by molar-refractivity contribution is 6.39. The Bertz CT molecular complexity index is 432.